The van der Waals surface area contributed by atoms with E-state index in [1.165, 1.54) is 32.1 Å². The van der Waals surface area contributed by atoms with Gasteiger partial charge in [-0.05, 0) is 31.4 Å². The predicted molar refractivity (Wildman–Crippen MR) is 78.6 cm³/mol. The summed E-state index contributed by atoms with van der Waals surface area (Å²) < 4.78 is 0. The minimum absolute atomic E-state index is 0.00796. The molecular weight excluding hydrogens is 250 g/mol. The number of likely N-dealkylation sites (tertiary alicyclic amines) is 1. The van der Waals surface area contributed by atoms with Gasteiger partial charge in [0.05, 0.1) is 5.56 Å². The van der Waals surface area contributed by atoms with Crippen LogP contribution in [0.3, 0.4) is 0 Å². The van der Waals surface area contributed by atoms with Gasteiger partial charge in [-0.25, -0.2) is 0 Å². The van der Waals surface area contributed by atoms with E-state index < -0.39 is 0 Å². The number of aromatic nitrogens is 1. The van der Waals surface area contributed by atoms with Crippen molar-refractivity contribution in [1.29, 1.82) is 0 Å². The van der Waals surface area contributed by atoms with Crippen molar-refractivity contribution in [3.05, 3.63) is 30.1 Å². The zero-order valence-electron chi connectivity index (χ0n) is 11.9. The molecule has 3 rings (SSSR count). The summed E-state index contributed by atoms with van der Waals surface area (Å²) in [5.41, 5.74) is 0.656. The van der Waals surface area contributed by atoms with Crippen molar-refractivity contribution in [1.82, 2.24) is 15.2 Å². The molecule has 1 atom stereocenters. The molecule has 2 fully saturated rings. The van der Waals surface area contributed by atoms with Crippen molar-refractivity contribution in [2.24, 2.45) is 0 Å². The van der Waals surface area contributed by atoms with Gasteiger partial charge in [0, 0.05) is 37.6 Å². The third-order valence-electron chi connectivity index (χ3n) is 4.57. The molecule has 1 aromatic heterocycles. The van der Waals surface area contributed by atoms with E-state index in [1.54, 1.807) is 18.5 Å². The SMILES string of the molecule is O=C(NC1CCN(C2CCCCC2)C1)c1cccnc1. The highest BCUT2D eigenvalue weighted by molar-refractivity contribution is 5.94. The Balaban J connectivity index is 1.51. The fraction of sp³-hybridized carbons (Fsp3) is 0.625. The molecule has 1 saturated heterocycles. The Morgan fingerprint density at radius 3 is 2.85 bits per heavy atom. The minimum Gasteiger partial charge on any atom is -0.348 e. The summed E-state index contributed by atoms with van der Waals surface area (Å²) in [4.78, 5) is 18.7. The van der Waals surface area contributed by atoms with Crippen LogP contribution in [0.25, 0.3) is 0 Å². The van der Waals surface area contributed by atoms with Crippen LogP contribution in [0, 0.1) is 0 Å². The van der Waals surface area contributed by atoms with Gasteiger partial charge in [0.2, 0.25) is 0 Å². The monoisotopic (exact) mass is 273 g/mol. The normalized spacial score (nSPS) is 24.7. The molecule has 1 amide bonds. The molecule has 1 N–H and O–H groups in total. The van der Waals surface area contributed by atoms with Crippen LogP contribution in [-0.4, -0.2) is 41.0 Å². The minimum atomic E-state index is 0.00796. The number of pyridine rings is 1. The molecule has 0 radical (unpaired) electrons. The smallest absolute Gasteiger partial charge is 0.253 e. The Bertz CT molecular complexity index is 442. The molecule has 4 nitrogen and oxygen atoms in total. The first kappa shape index (κ1) is 13.6. The third-order valence-corrected chi connectivity index (χ3v) is 4.57. The Morgan fingerprint density at radius 2 is 2.10 bits per heavy atom. The van der Waals surface area contributed by atoms with Crippen molar-refractivity contribution in [3.8, 4) is 0 Å². The fourth-order valence-electron chi connectivity index (χ4n) is 3.45. The van der Waals surface area contributed by atoms with E-state index >= 15 is 0 Å². The standard InChI is InChI=1S/C16H23N3O/c20-16(13-5-4-9-17-11-13)18-14-8-10-19(12-14)15-6-2-1-3-7-15/h4-5,9,11,14-15H,1-3,6-8,10,12H2,(H,18,20). The lowest BCUT2D eigenvalue weighted by Crippen LogP contribution is -2.40. The average molecular weight is 273 g/mol. The highest BCUT2D eigenvalue weighted by Crippen LogP contribution is 2.25. The second-order valence-corrected chi connectivity index (χ2v) is 5.99. The number of carbonyl (C=O) groups is 1. The molecule has 0 spiro atoms. The first-order valence-corrected chi connectivity index (χ1v) is 7.78. The third kappa shape index (κ3) is 3.18. The first-order valence-electron chi connectivity index (χ1n) is 7.78. The predicted octanol–water partition coefficient (Wildman–Crippen LogP) is 2.22. The maximum Gasteiger partial charge on any atom is 0.253 e. The summed E-state index contributed by atoms with van der Waals surface area (Å²) in [6.45, 7) is 2.14. The zero-order chi connectivity index (χ0) is 13.8. The van der Waals surface area contributed by atoms with Crippen LogP contribution in [0.5, 0.6) is 0 Å². The van der Waals surface area contributed by atoms with E-state index in [2.05, 4.69) is 15.2 Å². The largest absolute Gasteiger partial charge is 0.348 e. The number of nitrogens with one attached hydrogen (secondary N) is 1. The van der Waals surface area contributed by atoms with Crippen LogP contribution in [-0.2, 0) is 0 Å². The van der Waals surface area contributed by atoms with E-state index in [0.717, 1.165) is 25.6 Å². The lowest BCUT2D eigenvalue weighted by molar-refractivity contribution is 0.0934. The van der Waals surface area contributed by atoms with E-state index in [9.17, 15) is 4.79 Å². The first-order chi connectivity index (χ1) is 9.83. The van der Waals surface area contributed by atoms with Crippen molar-refractivity contribution in [2.45, 2.75) is 50.6 Å². The van der Waals surface area contributed by atoms with Crippen molar-refractivity contribution in [3.63, 3.8) is 0 Å². The molecule has 0 bridgehead atoms. The lowest BCUT2D eigenvalue weighted by atomic mass is 9.94. The molecule has 108 valence electrons. The summed E-state index contributed by atoms with van der Waals surface area (Å²) in [5, 5.41) is 3.14. The van der Waals surface area contributed by atoms with Crippen molar-refractivity contribution < 1.29 is 4.79 Å². The van der Waals surface area contributed by atoms with Gasteiger partial charge in [0.25, 0.3) is 5.91 Å². The number of hydrogen-bond acceptors (Lipinski definition) is 3. The summed E-state index contributed by atoms with van der Waals surface area (Å²) in [5.74, 6) is 0.00796. The van der Waals surface area contributed by atoms with Crippen LogP contribution in [0.1, 0.15) is 48.9 Å². The Labute approximate surface area is 120 Å². The summed E-state index contributed by atoms with van der Waals surface area (Å²) in [6.07, 6.45) is 11.2. The second kappa shape index (κ2) is 6.35. The van der Waals surface area contributed by atoms with Gasteiger partial charge in [-0.1, -0.05) is 19.3 Å². The molecular formula is C16H23N3O. The zero-order valence-corrected chi connectivity index (χ0v) is 11.9. The molecule has 20 heavy (non-hydrogen) atoms. The van der Waals surface area contributed by atoms with Gasteiger partial charge in [-0.2, -0.15) is 0 Å². The highest BCUT2D eigenvalue weighted by atomic mass is 16.1. The highest BCUT2D eigenvalue weighted by Gasteiger charge is 2.29. The van der Waals surface area contributed by atoms with E-state index in [0.29, 0.717) is 11.6 Å². The Hall–Kier alpha value is -1.42. The van der Waals surface area contributed by atoms with Gasteiger partial charge in [0.1, 0.15) is 0 Å². The topological polar surface area (TPSA) is 45.2 Å². The quantitative estimate of drug-likeness (QED) is 0.918. The molecule has 2 aliphatic rings. The van der Waals surface area contributed by atoms with Crippen molar-refractivity contribution >= 4 is 5.91 Å². The summed E-state index contributed by atoms with van der Waals surface area (Å²) in [6, 6.07) is 4.67. The van der Waals surface area contributed by atoms with E-state index in [4.69, 9.17) is 0 Å². The molecule has 1 aliphatic carbocycles. The molecule has 0 aromatic carbocycles. The van der Waals surface area contributed by atoms with Gasteiger partial charge in [-0.15, -0.1) is 0 Å². The fourth-order valence-corrected chi connectivity index (χ4v) is 3.45. The summed E-state index contributed by atoms with van der Waals surface area (Å²) >= 11 is 0. The van der Waals surface area contributed by atoms with Gasteiger partial charge in [0.15, 0.2) is 0 Å². The molecule has 1 unspecified atom stereocenters. The maximum absolute atomic E-state index is 12.1. The molecule has 4 heteroatoms. The van der Waals surface area contributed by atoms with Crippen molar-refractivity contribution in [2.75, 3.05) is 13.1 Å². The molecule has 1 aliphatic heterocycles. The molecule has 1 aromatic rings. The van der Waals surface area contributed by atoms with Crippen LogP contribution in [0.4, 0.5) is 0 Å². The second-order valence-electron chi connectivity index (χ2n) is 5.99. The van der Waals surface area contributed by atoms with E-state index in [-0.39, 0.29) is 5.91 Å². The van der Waals surface area contributed by atoms with Crippen LogP contribution in [0.15, 0.2) is 24.5 Å². The number of amides is 1. The Morgan fingerprint density at radius 1 is 1.25 bits per heavy atom. The van der Waals surface area contributed by atoms with Gasteiger partial charge < -0.3 is 5.32 Å². The lowest BCUT2D eigenvalue weighted by Gasteiger charge is -2.31. The van der Waals surface area contributed by atoms with Gasteiger partial charge in [-0.3, -0.25) is 14.7 Å². The number of hydrogen-bond donors (Lipinski definition) is 1. The number of nitrogens with zero attached hydrogens (tertiary/aromatic N) is 2. The van der Waals surface area contributed by atoms with Crippen LogP contribution >= 0.6 is 0 Å². The van der Waals surface area contributed by atoms with Crippen LogP contribution in [0.2, 0.25) is 0 Å². The molecule has 2 heterocycles. The summed E-state index contributed by atoms with van der Waals surface area (Å²) in [7, 11) is 0. The number of carbonyl (C=O) groups excluding carboxylic acids is 1. The Kier molecular flexibility index (Phi) is 4.31. The van der Waals surface area contributed by atoms with Gasteiger partial charge >= 0.3 is 0 Å². The average Bonchev–Trinajstić information content (AvgIpc) is 2.97. The van der Waals surface area contributed by atoms with E-state index in [1.807, 2.05) is 6.07 Å². The van der Waals surface area contributed by atoms with Crippen LogP contribution < -0.4 is 5.32 Å². The number of rotatable bonds is 3. The maximum atomic E-state index is 12.1. The molecule has 1 saturated carbocycles.